The summed E-state index contributed by atoms with van der Waals surface area (Å²) in [6.45, 7) is 7.55. The number of nitrogens with two attached hydrogens (primary N) is 1. The van der Waals surface area contributed by atoms with E-state index >= 15 is 0 Å². The SMILES string of the molecule is CCNC1(C(N)=O)CCCC(N2CCC(CC)C2)C1. The number of rotatable bonds is 5. The van der Waals surface area contributed by atoms with Crippen LogP contribution >= 0.6 is 0 Å². The molecule has 2 aliphatic rings. The molecule has 3 unspecified atom stereocenters. The Bertz CT molecular complexity index is 317. The molecule has 0 aromatic carbocycles. The largest absolute Gasteiger partial charge is 0.368 e. The second-order valence-corrected chi connectivity index (χ2v) is 6.28. The molecular formula is C15H29N3O. The third-order valence-electron chi connectivity index (χ3n) is 5.12. The van der Waals surface area contributed by atoms with Gasteiger partial charge in [-0.25, -0.2) is 0 Å². The number of carbonyl (C=O) groups is 1. The average molecular weight is 267 g/mol. The molecule has 1 amide bonds. The van der Waals surface area contributed by atoms with E-state index < -0.39 is 5.54 Å². The van der Waals surface area contributed by atoms with Crippen LogP contribution in [0.3, 0.4) is 0 Å². The maximum atomic E-state index is 11.9. The van der Waals surface area contributed by atoms with Crippen molar-refractivity contribution in [2.45, 2.75) is 64.0 Å². The molecule has 110 valence electrons. The summed E-state index contributed by atoms with van der Waals surface area (Å²) < 4.78 is 0. The van der Waals surface area contributed by atoms with Gasteiger partial charge in [-0.15, -0.1) is 0 Å². The van der Waals surface area contributed by atoms with E-state index in [1.165, 1.54) is 32.4 Å². The van der Waals surface area contributed by atoms with E-state index in [1.807, 2.05) is 0 Å². The van der Waals surface area contributed by atoms with Gasteiger partial charge in [-0.3, -0.25) is 4.79 Å². The van der Waals surface area contributed by atoms with Gasteiger partial charge in [-0.2, -0.15) is 0 Å². The highest BCUT2D eigenvalue weighted by Gasteiger charge is 2.43. The lowest BCUT2D eigenvalue weighted by Crippen LogP contribution is -2.60. The van der Waals surface area contributed by atoms with Gasteiger partial charge in [0.1, 0.15) is 0 Å². The highest BCUT2D eigenvalue weighted by atomic mass is 16.1. The van der Waals surface area contributed by atoms with E-state index in [1.54, 1.807) is 0 Å². The van der Waals surface area contributed by atoms with Gasteiger partial charge in [0.2, 0.25) is 5.91 Å². The Labute approximate surface area is 117 Å². The third kappa shape index (κ3) is 3.11. The number of nitrogens with zero attached hydrogens (tertiary/aromatic N) is 1. The van der Waals surface area contributed by atoms with Crippen molar-refractivity contribution in [2.24, 2.45) is 11.7 Å². The van der Waals surface area contributed by atoms with Crippen LogP contribution in [-0.4, -0.2) is 42.0 Å². The molecule has 0 bridgehead atoms. The summed E-state index contributed by atoms with van der Waals surface area (Å²) in [5.41, 5.74) is 5.23. The van der Waals surface area contributed by atoms with Crippen molar-refractivity contribution in [3.8, 4) is 0 Å². The summed E-state index contributed by atoms with van der Waals surface area (Å²) in [6, 6.07) is 0.539. The first-order chi connectivity index (χ1) is 9.11. The number of primary amides is 1. The topological polar surface area (TPSA) is 58.4 Å². The molecule has 4 nitrogen and oxygen atoms in total. The number of nitrogens with one attached hydrogen (secondary N) is 1. The highest BCUT2D eigenvalue weighted by molar-refractivity contribution is 5.84. The molecule has 3 N–H and O–H groups in total. The van der Waals surface area contributed by atoms with Gasteiger partial charge >= 0.3 is 0 Å². The molecule has 1 heterocycles. The second-order valence-electron chi connectivity index (χ2n) is 6.28. The van der Waals surface area contributed by atoms with Gasteiger partial charge in [0.15, 0.2) is 0 Å². The minimum Gasteiger partial charge on any atom is -0.368 e. The summed E-state index contributed by atoms with van der Waals surface area (Å²) in [5, 5.41) is 3.37. The lowest BCUT2D eigenvalue weighted by molar-refractivity contribution is -0.126. The number of hydrogen-bond donors (Lipinski definition) is 2. The van der Waals surface area contributed by atoms with Crippen molar-refractivity contribution in [1.82, 2.24) is 10.2 Å². The predicted octanol–water partition coefficient (Wildman–Crippen LogP) is 1.49. The molecule has 1 aliphatic heterocycles. The molecule has 1 aliphatic carbocycles. The summed E-state index contributed by atoms with van der Waals surface area (Å²) >= 11 is 0. The fourth-order valence-electron chi connectivity index (χ4n) is 3.89. The van der Waals surface area contributed by atoms with Crippen LogP contribution in [0.15, 0.2) is 0 Å². The molecule has 2 fully saturated rings. The zero-order valence-electron chi connectivity index (χ0n) is 12.5. The van der Waals surface area contributed by atoms with Gasteiger partial charge in [0.05, 0.1) is 5.54 Å². The van der Waals surface area contributed by atoms with Crippen LogP contribution < -0.4 is 11.1 Å². The van der Waals surface area contributed by atoms with Crippen LogP contribution in [0.4, 0.5) is 0 Å². The molecule has 0 radical (unpaired) electrons. The molecule has 3 atom stereocenters. The molecule has 19 heavy (non-hydrogen) atoms. The number of carbonyl (C=O) groups excluding carboxylic acids is 1. The van der Waals surface area contributed by atoms with E-state index in [9.17, 15) is 4.79 Å². The maximum absolute atomic E-state index is 11.9. The normalized spacial score (nSPS) is 36.5. The molecule has 0 aromatic heterocycles. The predicted molar refractivity (Wildman–Crippen MR) is 77.8 cm³/mol. The van der Waals surface area contributed by atoms with Crippen molar-refractivity contribution in [3.63, 3.8) is 0 Å². The van der Waals surface area contributed by atoms with E-state index in [-0.39, 0.29) is 5.91 Å². The quantitative estimate of drug-likeness (QED) is 0.793. The van der Waals surface area contributed by atoms with E-state index in [4.69, 9.17) is 5.73 Å². The lowest BCUT2D eigenvalue weighted by atomic mass is 9.77. The average Bonchev–Trinajstić information content (AvgIpc) is 2.88. The van der Waals surface area contributed by atoms with E-state index in [0.29, 0.717) is 6.04 Å². The number of hydrogen-bond acceptors (Lipinski definition) is 3. The van der Waals surface area contributed by atoms with Gasteiger partial charge in [-0.05, 0) is 51.1 Å². The summed E-state index contributed by atoms with van der Waals surface area (Å²) in [4.78, 5) is 14.5. The minimum absolute atomic E-state index is 0.162. The van der Waals surface area contributed by atoms with Crippen LogP contribution in [0.2, 0.25) is 0 Å². The van der Waals surface area contributed by atoms with Crippen LogP contribution in [0.5, 0.6) is 0 Å². The molecular weight excluding hydrogens is 238 g/mol. The first kappa shape index (κ1) is 14.8. The van der Waals surface area contributed by atoms with Crippen LogP contribution in [0.25, 0.3) is 0 Å². The standard InChI is InChI=1S/C15H29N3O/c1-3-12-7-9-18(11-12)13-6-5-8-15(10-13,14(16)19)17-4-2/h12-13,17H,3-11H2,1-2H3,(H2,16,19). The Morgan fingerprint density at radius 2 is 2.21 bits per heavy atom. The van der Waals surface area contributed by atoms with Crippen LogP contribution in [0, 0.1) is 5.92 Å². The van der Waals surface area contributed by atoms with Crippen molar-refractivity contribution >= 4 is 5.91 Å². The van der Waals surface area contributed by atoms with E-state index in [2.05, 4.69) is 24.1 Å². The summed E-state index contributed by atoms with van der Waals surface area (Å²) in [7, 11) is 0. The number of likely N-dealkylation sites (tertiary alicyclic amines) is 1. The van der Waals surface area contributed by atoms with Gasteiger partial charge in [0, 0.05) is 12.6 Å². The monoisotopic (exact) mass is 267 g/mol. The maximum Gasteiger partial charge on any atom is 0.237 e. The van der Waals surface area contributed by atoms with Crippen molar-refractivity contribution in [2.75, 3.05) is 19.6 Å². The molecule has 0 aromatic rings. The first-order valence-electron chi connectivity index (χ1n) is 7.90. The summed E-state index contributed by atoms with van der Waals surface area (Å²) in [5.74, 6) is 0.689. The van der Waals surface area contributed by atoms with Crippen molar-refractivity contribution in [1.29, 1.82) is 0 Å². The van der Waals surface area contributed by atoms with Crippen LogP contribution in [-0.2, 0) is 4.79 Å². The van der Waals surface area contributed by atoms with Gasteiger partial charge in [-0.1, -0.05) is 20.3 Å². The molecule has 1 saturated carbocycles. The Morgan fingerprint density at radius 1 is 1.42 bits per heavy atom. The van der Waals surface area contributed by atoms with Gasteiger partial charge in [0.25, 0.3) is 0 Å². The summed E-state index contributed by atoms with van der Waals surface area (Å²) in [6.07, 6.45) is 6.71. The Balaban J connectivity index is 2.01. The van der Waals surface area contributed by atoms with Crippen molar-refractivity contribution < 1.29 is 4.79 Å². The highest BCUT2D eigenvalue weighted by Crippen LogP contribution is 2.34. The fourth-order valence-corrected chi connectivity index (χ4v) is 3.89. The number of likely N-dealkylation sites (N-methyl/N-ethyl adjacent to an activating group) is 1. The Kier molecular flexibility index (Phi) is 4.85. The fraction of sp³-hybridized carbons (Fsp3) is 0.933. The second kappa shape index (κ2) is 6.23. The molecule has 1 saturated heterocycles. The van der Waals surface area contributed by atoms with Gasteiger partial charge < -0.3 is 16.0 Å². The van der Waals surface area contributed by atoms with Crippen molar-refractivity contribution in [3.05, 3.63) is 0 Å². The molecule has 0 spiro atoms. The lowest BCUT2D eigenvalue weighted by Gasteiger charge is -2.42. The smallest absolute Gasteiger partial charge is 0.237 e. The molecule has 2 rings (SSSR count). The number of amides is 1. The zero-order valence-corrected chi connectivity index (χ0v) is 12.5. The van der Waals surface area contributed by atoms with Crippen LogP contribution in [0.1, 0.15) is 52.4 Å². The minimum atomic E-state index is -0.456. The Hall–Kier alpha value is -0.610. The van der Waals surface area contributed by atoms with E-state index in [0.717, 1.165) is 31.7 Å². The Morgan fingerprint density at radius 3 is 2.79 bits per heavy atom. The first-order valence-corrected chi connectivity index (χ1v) is 7.90. The molecule has 4 heteroatoms. The third-order valence-corrected chi connectivity index (χ3v) is 5.12. The zero-order chi connectivity index (χ0) is 13.9.